The number of pyridine rings is 1. The molecule has 17 heavy (non-hydrogen) atoms. The Bertz CT molecular complexity index is 672. The van der Waals surface area contributed by atoms with Crippen molar-refractivity contribution < 1.29 is 0 Å². The molecule has 0 aromatic carbocycles. The molecule has 5 nitrogen and oxygen atoms in total. The molecule has 0 saturated heterocycles. The first-order chi connectivity index (χ1) is 8.24. The summed E-state index contributed by atoms with van der Waals surface area (Å²) in [6, 6.07) is 4.01. The van der Waals surface area contributed by atoms with E-state index in [9.17, 15) is 0 Å². The smallest absolute Gasteiger partial charge is 0.158 e. The summed E-state index contributed by atoms with van der Waals surface area (Å²) in [5, 5.41) is 12.0. The zero-order valence-corrected chi connectivity index (χ0v) is 9.62. The Kier molecular flexibility index (Phi) is 2.11. The summed E-state index contributed by atoms with van der Waals surface area (Å²) in [7, 11) is 0. The van der Waals surface area contributed by atoms with Crippen LogP contribution in [0.2, 0.25) is 0 Å². The molecule has 0 bridgehead atoms. The Labute approximate surface area is 98.2 Å². The van der Waals surface area contributed by atoms with Crippen molar-refractivity contribution >= 4 is 5.65 Å². The molecule has 0 aliphatic rings. The number of fused-ring (bicyclic) bond motifs is 1. The number of rotatable bonds is 1. The van der Waals surface area contributed by atoms with Crippen molar-refractivity contribution in [3.05, 3.63) is 42.1 Å². The summed E-state index contributed by atoms with van der Waals surface area (Å²) in [5.74, 6) is 0.776. The van der Waals surface area contributed by atoms with E-state index in [1.807, 2.05) is 26.1 Å². The Hall–Kier alpha value is -2.30. The second-order valence-electron chi connectivity index (χ2n) is 3.97. The molecule has 0 fully saturated rings. The maximum Gasteiger partial charge on any atom is 0.158 e. The van der Waals surface area contributed by atoms with Gasteiger partial charge in [0, 0.05) is 17.3 Å². The highest BCUT2D eigenvalue weighted by Gasteiger charge is 2.06. The van der Waals surface area contributed by atoms with Gasteiger partial charge in [-0.25, -0.2) is 9.50 Å². The van der Waals surface area contributed by atoms with Crippen molar-refractivity contribution in [1.29, 1.82) is 0 Å². The van der Waals surface area contributed by atoms with Gasteiger partial charge in [0.1, 0.15) is 5.82 Å². The average Bonchev–Trinajstić information content (AvgIpc) is 2.71. The molecule has 3 aromatic rings. The lowest BCUT2D eigenvalue weighted by Gasteiger charge is -2.03. The van der Waals surface area contributed by atoms with E-state index in [1.54, 1.807) is 16.9 Å². The third-order valence-electron chi connectivity index (χ3n) is 2.64. The molecule has 0 atom stereocenters. The molecule has 0 unspecified atom stereocenters. The van der Waals surface area contributed by atoms with Crippen LogP contribution in [0.3, 0.4) is 0 Å². The third kappa shape index (κ3) is 1.65. The Morgan fingerprint density at radius 3 is 2.76 bits per heavy atom. The van der Waals surface area contributed by atoms with Crippen molar-refractivity contribution in [2.24, 2.45) is 0 Å². The van der Waals surface area contributed by atoms with Crippen molar-refractivity contribution in [1.82, 2.24) is 24.8 Å². The minimum absolute atomic E-state index is 0.776. The first kappa shape index (κ1) is 9.89. The summed E-state index contributed by atoms with van der Waals surface area (Å²) < 4.78 is 1.81. The van der Waals surface area contributed by atoms with Gasteiger partial charge in [0.2, 0.25) is 0 Å². The standard InChI is InChI=1S/C12H11N5/c1-8-5-11(10-3-4-13-14-6-10)7-17-12(8)15-9(2)16-17/h3-7H,1-2H3. The Morgan fingerprint density at radius 1 is 1.12 bits per heavy atom. The summed E-state index contributed by atoms with van der Waals surface area (Å²) >= 11 is 0. The first-order valence-corrected chi connectivity index (χ1v) is 5.35. The fourth-order valence-electron chi connectivity index (χ4n) is 1.88. The number of aryl methyl sites for hydroxylation is 2. The maximum absolute atomic E-state index is 4.37. The van der Waals surface area contributed by atoms with Crippen LogP contribution in [0.1, 0.15) is 11.4 Å². The highest BCUT2D eigenvalue weighted by molar-refractivity contribution is 5.65. The lowest BCUT2D eigenvalue weighted by atomic mass is 10.1. The fraction of sp³-hybridized carbons (Fsp3) is 0.167. The molecule has 0 saturated carbocycles. The van der Waals surface area contributed by atoms with E-state index in [1.165, 1.54) is 0 Å². The van der Waals surface area contributed by atoms with Gasteiger partial charge in [-0.15, -0.1) is 0 Å². The van der Waals surface area contributed by atoms with Crippen LogP contribution in [-0.2, 0) is 0 Å². The minimum atomic E-state index is 0.776. The quantitative estimate of drug-likeness (QED) is 0.633. The molecule has 0 N–H and O–H groups in total. The topological polar surface area (TPSA) is 56.0 Å². The maximum atomic E-state index is 4.37. The molecule has 3 rings (SSSR count). The molecule has 3 heterocycles. The molecule has 0 aliphatic heterocycles. The first-order valence-electron chi connectivity index (χ1n) is 5.35. The normalized spacial score (nSPS) is 10.9. The van der Waals surface area contributed by atoms with Gasteiger partial charge >= 0.3 is 0 Å². The van der Waals surface area contributed by atoms with Crippen molar-refractivity contribution in [2.75, 3.05) is 0 Å². The monoisotopic (exact) mass is 225 g/mol. The zero-order valence-electron chi connectivity index (χ0n) is 9.62. The molecule has 84 valence electrons. The number of aromatic nitrogens is 5. The molecular weight excluding hydrogens is 214 g/mol. The fourth-order valence-corrected chi connectivity index (χ4v) is 1.88. The van der Waals surface area contributed by atoms with Crippen molar-refractivity contribution in [2.45, 2.75) is 13.8 Å². The largest absolute Gasteiger partial charge is 0.220 e. The van der Waals surface area contributed by atoms with Crippen LogP contribution >= 0.6 is 0 Å². The second kappa shape index (κ2) is 3.62. The predicted octanol–water partition coefficient (Wildman–Crippen LogP) is 1.80. The van der Waals surface area contributed by atoms with Gasteiger partial charge in [-0.3, -0.25) is 0 Å². The van der Waals surface area contributed by atoms with E-state index in [0.717, 1.165) is 28.2 Å². The SMILES string of the molecule is Cc1nc2c(C)cc(-c3ccnnc3)cn2n1. The lowest BCUT2D eigenvalue weighted by molar-refractivity contribution is 0.928. The average molecular weight is 225 g/mol. The minimum Gasteiger partial charge on any atom is -0.220 e. The summed E-state index contributed by atoms with van der Waals surface area (Å²) in [4.78, 5) is 4.37. The molecular formula is C12H11N5. The van der Waals surface area contributed by atoms with Crippen LogP contribution in [0.4, 0.5) is 0 Å². The lowest BCUT2D eigenvalue weighted by Crippen LogP contribution is -1.92. The van der Waals surface area contributed by atoms with Crippen molar-refractivity contribution in [3.8, 4) is 11.1 Å². The predicted molar refractivity (Wildman–Crippen MR) is 63.5 cm³/mol. The van der Waals surface area contributed by atoms with Crippen molar-refractivity contribution in [3.63, 3.8) is 0 Å². The van der Waals surface area contributed by atoms with Gasteiger partial charge in [0.25, 0.3) is 0 Å². The van der Waals surface area contributed by atoms with Crippen LogP contribution in [0.15, 0.2) is 30.7 Å². The van der Waals surface area contributed by atoms with Crippen LogP contribution < -0.4 is 0 Å². The van der Waals surface area contributed by atoms with E-state index in [4.69, 9.17) is 0 Å². The van der Waals surface area contributed by atoms with Crippen LogP contribution in [0.25, 0.3) is 16.8 Å². The van der Waals surface area contributed by atoms with Gasteiger partial charge in [-0.05, 0) is 31.5 Å². The van der Waals surface area contributed by atoms with E-state index in [0.29, 0.717) is 0 Å². The highest BCUT2D eigenvalue weighted by atomic mass is 15.3. The number of hydrogen-bond acceptors (Lipinski definition) is 4. The van der Waals surface area contributed by atoms with E-state index in [-0.39, 0.29) is 0 Å². The summed E-state index contributed by atoms with van der Waals surface area (Å²) in [6.45, 7) is 3.92. The Morgan fingerprint density at radius 2 is 2.00 bits per heavy atom. The van der Waals surface area contributed by atoms with E-state index < -0.39 is 0 Å². The summed E-state index contributed by atoms with van der Waals surface area (Å²) in [6.07, 6.45) is 5.38. The zero-order chi connectivity index (χ0) is 11.8. The van der Waals surface area contributed by atoms with Crippen LogP contribution in [0, 0.1) is 13.8 Å². The molecule has 0 amide bonds. The molecule has 0 aliphatic carbocycles. The molecule has 3 aromatic heterocycles. The second-order valence-corrected chi connectivity index (χ2v) is 3.97. The highest BCUT2D eigenvalue weighted by Crippen LogP contribution is 2.20. The molecule has 5 heteroatoms. The van der Waals surface area contributed by atoms with Crippen LogP contribution in [-0.4, -0.2) is 24.8 Å². The van der Waals surface area contributed by atoms with Gasteiger partial charge in [0.15, 0.2) is 5.65 Å². The van der Waals surface area contributed by atoms with Gasteiger partial charge in [0.05, 0.1) is 12.4 Å². The van der Waals surface area contributed by atoms with Gasteiger partial charge in [-0.2, -0.15) is 15.3 Å². The number of hydrogen-bond donors (Lipinski definition) is 0. The number of nitrogens with zero attached hydrogens (tertiary/aromatic N) is 5. The summed E-state index contributed by atoms with van der Waals surface area (Å²) in [5.41, 5.74) is 4.08. The van der Waals surface area contributed by atoms with Crippen LogP contribution in [0.5, 0.6) is 0 Å². The Balaban J connectivity index is 2.25. The van der Waals surface area contributed by atoms with Gasteiger partial charge < -0.3 is 0 Å². The third-order valence-corrected chi connectivity index (χ3v) is 2.64. The van der Waals surface area contributed by atoms with E-state index >= 15 is 0 Å². The molecule has 0 radical (unpaired) electrons. The van der Waals surface area contributed by atoms with Gasteiger partial charge in [-0.1, -0.05) is 0 Å². The van der Waals surface area contributed by atoms with E-state index in [2.05, 4.69) is 26.3 Å². The molecule has 0 spiro atoms.